The highest BCUT2D eigenvalue weighted by Crippen LogP contribution is 2.39. The molecule has 2 aromatic carbocycles. The summed E-state index contributed by atoms with van der Waals surface area (Å²) in [6.07, 6.45) is -2.62. The SMILES string of the molecule is CCOC(=O)c1ccc(C=CC(c2cc(Cl)c(F)c(Cl)c2)C(F)(F)F)cc1Cl. The number of halogens is 7. The van der Waals surface area contributed by atoms with Gasteiger partial charge < -0.3 is 4.74 Å². The first-order valence-electron chi connectivity index (χ1n) is 7.90. The van der Waals surface area contributed by atoms with Gasteiger partial charge in [0.15, 0.2) is 5.82 Å². The molecule has 1 unspecified atom stereocenters. The summed E-state index contributed by atoms with van der Waals surface area (Å²) in [5, 5.41) is -0.976. The van der Waals surface area contributed by atoms with E-state index in [-0.39, 0.29) is 22.8 Å². The van der Waals surface area contributed by atoms with Crippen LogP contribution in [0.1, 0.15) is 34.3 Å². The molecule has 2 aromatic rings. The van der Waals surface area contributed by atoms with Crippen molar-refractivity contribution in [3.63, 3.8) is 0 Å². The number of ether oxygens (including phenoxy) is 1. The molecule has 0 N–H and O–H groups in total. The number of carbonyl (C=O) groups excluding carboxylic acids is 1. The molecular formula is C19H13Cl3F4O2. The molecule has 0 heterocycles. The van der Waals surface area contributed by atoms with E-state index in [2.05, 4.69) is 0 Å². The third-order valence-electron chi connectivity index (χ3n) is 3.69. The average Bonchev–Trinajstić information content (AvgIpc) is 2.58. The maximum absolute atomic E-state index is 13.5. The van der Waals surface area contributed by atoms with E-state index in [1.54, 1.807) is 6.92 Å². The molecule has 28 heavy (non-hydrogen) atoms. The minimum atomic E-state index is -4.67. The summed E-state index contributed by atoms with van der Waals surface area (Å²) in [5.41, 5.74) is 0.117. The normalized spacial score (nSPS) is 13.0. The molecule has 9 heteroatoms. The molecule has 2 rings (SSSR count). The van der Waals surface area contributed by atoms with Crippen LogP contribution in [0.5, 0.6) is 0 Å². The molecule has 0 aromatic heterocycles. The number of esters is 1. The minimum Gasteiger partial charge on any atom is -0.462 e. The summed E-state index contributed by atoms with van der Waals surface area (Å²) in [4.78, 5) is 11.7. The minimum absolute atomic E-state index is 0.0389. The van der Waals surface area contributed by atoms with Crippen molar-refractivity contribution >= 4 is 46.8 Å². The van der Waals surface area contributed by atoms with Gasteiger partial charge in [-0.15, -0.1) is 0 Å². The second-order valence-electron chi connectivity index (χ2n) is 5.64. The van der Waals surface area contributed by atoms with Gasteiger partial charge in [0.2, 0.25) is 0 Å². The molecule has 0 aliphatic rings. The van der Waals surface area contributed by atoms with Crippen LogP contribution >= 0.6 is 34.8 Å². The number of rotatable bonds is 5. The lowest BCUT2D eigenvalue weighted by molar-refractivity contribution is -0.139. The number of alkyl halides is 3. The van der Waals surface area contributed by atoms with Gasteiger partial charge in [-0.25, -0.2) is 9.18 Å². The van der Waals surface area contributed by atoms with Crippen LogP contribution in [-0.4, -0.2) is 18.8 Å². The standard InChI is InChI=1S/C19H13Cl3F4O2/c1-2-28-18(27)12-5-3-10(7-14(12)20)4-6-13(19(24,25)26)11-8-15(21)17(23)16(22)9-11/h3-9,13H,2H2,1H3. The summed E-state index contributed by atoms with van der Waals surface area (Å²) in [7, 11) is 0. The van der Waals surface area contributed by atoms with Crippen LogP contribution in [0.2, 0.25) is 15.1 Å². The molecule has 0 spiro atoms. The van der Waals surface area contributed by atoms with E-state index in [1.165, 1.54) is 24.3 Å². The summed E-state index contributed by atoms with van der Waals surface area (Å²) in [6.45, 7) is 1.79. The third kappa shape index (κ3) is 5.40. The maximum Gasteiger partial charge on any atom is 0.399 e. The Morgan fingerprint density at radius 3 is 2.21 bits per heavy atom. The van der Waals surface area contributed by atoms with Gasteiger partial charge in [0.1, 0.15) is 0 Å². The van der Waals surface area contributed by atoms with Crippen molar-refractivity contribution in [2.45, 2.75) is 19.0 Å². The molecule has 0 fully saturated rings. The molecular weight excluding hydrogens is 443 g/mol. The van der Waals surface area contributed by atoms with Crippen molar-refractivity contribution in [3.8, 4) is 0 Å². The van der Waals surface area contributed by atoms with Crippen LogP contribution in [0.15, 0.2) is 36.4 Å². The molecule has 0 amide bonds. The fourth-order valence-electron chi connectivity index (χ4n) is 2.38. The molecule has 150 valence electrons. The van der Waals surface area contributed by atoms with E-state index in [9.17, 15) is 22.4 Å². The number of carbonyl (C=O) groups is 1. The molecule has 1 atom stereocenters. The van der Waals surface area contributed by atoms with E-state index in [0.717, 1.165) is 18.2 Å². The van der Waals surface area contributed by atoms with Gasteiger partial charge in [-0.1, -0.05) is 53.0 Å². The molecule has 2 nitrogen and oxygen atoms in total. The second kappa shape index (κ2) is 9.16. The molecule has 0 bridgehead atoms. The Labute approximate surface area is 173 Å². The number of hydrogen-bond donors (Lipinski definition) is 0. The van der Waals surface area contributed by atoms with Crippen molar-refractivity contribution < 1.29 is 27.1 Å². The lowest BCUT2D eigenvalue weighted by Crippen LogP contribution is -2.19. The van der Waals surface area contributed by atoms with E-state index in [4.69, 9.17) is 39.5 Å². The first-order chi connectivity index (χ1) is 13.0. The van der Waals surface area contributed by atoms with Gasteiger partial charge in [0, 0.05) is 0 Å². The highest BCUT2D eigenvalue weighted by Gasteiger charge is 2.39. The van der Waals surface area contributed by atoms with Crippen LogP contribution in [0.3, 0.4) is 0 Å². The zero-order chi connectivity index (χ0) is 21.1. The van der Waals surface area contributed by atoms with Gasteiger partial charge in [-0.2, -0.15) is 13.2 Å². The van der Waals surface area contributed by atoms with E-state index in [1.807, 2.05) is 0 Å². The predicted molar refractivity (Wildman–Crippen MR) is 102 cm³/mol. The number of hydrogen-bond acceptors (Lipinski definition) is 2. The second-order valence-corrected chi connectivity index (χ2v) is 6.86. The van der Waals surface area contributed by atoms with Crippen molar-refractivity contribution in [3.05, 3.63) is 74.0 Å². The molecule has 0 aliphatic carbocycles. The quantitative estimate of drug-likeness (QED) is 0.268. The molecule has 0 saturated heterocycles. The van der Waals surface area contributed by atoms with Crippen LogP contribution < -0.4 is 0 Å². The molecule has 0 aliphatic heterocycles. The molecule has 0 saturated carbocycles. The molecule has 0 radical (unpaired) electrons. The first-order valence-corrected chi connectivity index (χ1v) is 9.04. The van der Waals surface area contributed by atoms with E-state index >= 15 is 0 Å². The topological polar surface area (TPSA) is 26.3 Å². The smallest absolute Gasteiger partial charge is 0.399 e. The number of allylic oxidation sites excluding steroid dienone is 1. The van der Waals surface area contributed by atoms with Gasteiger partial charge in [0.25, 0.3) is 0 Å². The third-order valence-corrected chi connectivity index (χ3v) is 4.55. The van der Waals surface area contributed by atoms with Crippen LogP contribution in [0.4, 0.5) is 17.6 Å². The Balaban J connectivity index is 2.37. The Morgan fingerprint density at radius 1 is 1.11 bits per heavy atom. The highest BCUT2D eigenvalue weighted by atomic mass is 35.5. The summed E-state index contributed by atoms with van der Waals surface area (Å²) >= 11 is 17.2. The predicted octanol–water partition coefficient (Wildman–Crippen LogP) is 7.32. The number of benzene rings is 2. The Hall–Kier alpha value is -1.76. The lowest BCUT2D eigenvalue weighted by Gasteiger charge is -2.18. The van der Waals surface area contributed by atoms with Crippen LogP contribution in [-0.2, 0) is 4.74 Å². The Kier molecular flexibility index (Phi) is 7.37. The van der Waals surface area contributed by atoms with Crippen LogP contribution in [0, 0.1) is 5.82 Å². The lowest BCUT2D eigenvalue weighted by atomic mass is 9.97. The largest absolute Gasteiger partial charge is 0.462 e. The summed E-state index contributed by atoms with van der Waals surface area (Å²) in [6, 6.07) is 5.87. The zero-order valence-electron chi connectivity index (χ0n) is 14.3. The Morgan fingerprint density at radius 2 is 1.71 bits per heavy atom. The fourth-order valence-corrected chi connectivity index (χ4v) is 3.15. The zero-order valence-corrected chi connectivity index (χ0v) is 16.6. The van der Waals surface area contributed by atoms with Gasteiger partial charge in [-0.3, -0.25) is 0 Å². The van der Waals surface area contributed by atoms with Gasteiger partial charge >= 0.3 is 12.1 Å². The summed E-state index contributed by atoms with van der Waals surface area (Å²) in [5.74, 6) is -3.70. The monoisotopic (exact) mass is 454 g/mol. The van der Waals surface area contributed by atoms with Crippen LogP contribution in [0.25, 0.3) is 6.08 Å². The van der Waals surface area contributed by atoms with E-state index in [0.29, 0.717) is 5.56 Å². The summed E-state index contributed by atoms with van der Waals surface area (Å²) < 4.78 is 58.8. The first kappa shape index (κ1) is 22.5. The van der Waals surface area contributed by atoms with E-state index < -0.39 is 33.9 Å². The maximum atomic E-state index is 13.5. The average molecular weight is 456 g/mol. The highest BCUT2D eigenvalue weighted by molar-refractivity contribution is 6.35. The van der Waals surface area contributed by atoms with Gasteiger partial charge in [0.05, 0.1) is 33.2 Å². The van der Waals surface area contributed by atoms with Crippen molar-refractivity contribution in [2.75, 3.05) is 6.61 Å². The van der Waals surface area contributed by atoms with Gasteiger partial charge in [-0.05, 0) is 42.3 Å². The van der Waals surface area contributed by atoms with Crippen molar-refractivity contribution in [1.82, 2.24) is 0 Å². The fraction of sp³-hybridized carbons (Fsp3) is 0.211. The van der Waals surface area contributed by atoms with Crippen molar-refractivity contribution in [1.29, 1.82) is 0 Å². The Bertz CT molecular complexity index is 888. The van der Waals surface area contributed by atoms with Crippen molar-refractivity contribution in [2.24, 2.45) is 0 Å².